The fraction of sp³-hybridized carbons (Fsp3) is 0.471. The van der Waals surface area contributed by atoms with Gasteiger partial charge in [0.2, 0.25) is 5.91 Å². The third-order valence-electron chi connectivity index (χ3n) is 4.46. The van der Waals surface area contributed by atoms with E-state index in [0.29, 0.717) is 19.3 Å². The van der Waals surface area contributed by atoms with Gasteiger partial charge >= 0.3 is 0 Å². The standard InChI is InChI=1S/C17H22N2O3S/c1-12-4-2-6-15-13(10-18-17(12)15)7-8-16(20)19-14-5-3-9-23(21,22)11-14/h2,4,6,10,14,18H,3,5,7-9,11H2,1H3,(H,19,20). The Bertz CT molecular complexity index is 823. The second kappa shape index (κ2) is 6.35. The molecule has 1 aliphatic heterocycles. The highest BCUT2D eigenvalue weighted by Crippen LogP contribution is 2.22. The van der Waals surface area contributed by atoms with E-state index in [4.69, 9.17) is 0 Å². The molecule has 6 heteroatoms. The molecule has 0 radical (unpaired) electrons. The smallest absolute Gasteiger partial charge is 0.220 e. The minimum absolute atomic E-state index is 0.0744. The number of amides is 1. The van der Waals surface area contributed by atoms with Crippen molar-refractivity contribution in [3.05, 3.63) is 35.5 Å². The third kappa shape index (κ3) is 3.75. The van der Waals surface area contributed by atoms with Crippen molar-refractivity contribution in [1.82, 2.24) is 10.3 Å². The number of para-hydroxylation sites is 1. The molecule has 3 rings (SSSR count). The molecule has 0 saturated carbocycles. The molecule has 124 valence electrons. The molecule has 1 aliphatic rings. The molecule has 1 atom stereocenters. The number of hydrogen-bond acceptors (Lipinski definition) is 3. The van der Waals surface area contributed by atoms with Gasteiger partial charge in [0.1, 0.15) is 0 Å². The maximum Gasteiger partial charge on any atom is 0.220 e. The van der Waals surface area contributed by atoms with E-state index in [9.17, 15) is 13.2 Å². The molecule has 2 heterocycles. The van der Waals surface area contributed by atoms with E-state index in [0.717, 1.165) is 22.9 Å². The predicted octanol–water partition coefficient (Wildman–Crippen LogP) is 2.10. The Morgan fingerprint density at radius 1 is 1.39 bits per heavy atom. The van der Waals surface area contributed by atoms with Gasteiger partial charge < -0.3 is 10.3 Å². The van der Waals surface area contributed by atoms with Gasteiger partial charge in [-0.25, -0.2) is 8.42 Å². The summed E-state index contributed by atoms with van der Waals surface area (Å²) in [4.78, 5) is 15.4. The molecule has 0 aliphatic carbocycles. The number of aryl methyl sites for hydroxylation is 2. The normalized spacial score (nSPS) is 20.5. The van der Waals surface area contributed by atoms with E-state index in [1.807, 2.05) is 12.3 Å². The number of aromatic amines is 1. The number of carbonyl (C=O) groups excluding carboxylic acids is 1. The Morgan fingerprint density at radius 2 is 2.22 bits per heavy atom. The van der Waals surface area contributed by atoms with E-state index >= 15 is 0 Å². The molecule has 1 aromatic heterocycles. The van der Waals surface area contributed by atoms with Crippen LogP contribution in [0.25, 0.3) is 10.9 Å². The summed E-state index contributed by atoms with van der Waals surface area (Å²) in [6, 6.07) is 5.90. The van der Waals surface area contributed by atoms with Gasteiger partial charge in [0, 0.05) is 29.6 Å². The molecule has 1 unspecified atom stereocenters. The number of H-pyrrole nitrogens is 1. The van der Waals surface area contributed by atoms with Gasteiger partial charge in [-0.1, -0.05) is 18.2 Å². The summed E-state index contributed by atoms with van der Waals surface area (Å²) in [6.07, 6.45) is 4.36. The second-order valence-corrected chi connectivity index (χ2v) is 8.56. The van der Waals surface area contributed by atoms with Crippen molar-refractivity contribution in [1.29, 1.82) is 0 Å². The lowest BCUT2D eigenvalue weighted by Gasteiger charge is -2.22. The van der Waals surface area contributed by atoms with Crippen LogP contribution in [0, 0.1) is 6.92 Å². The molecule has 23 heavy (non-hydrogen) atoms. The molecule has 1 saturated heterocycles. The first-order valence-electron chi connectivity index (χ1n) is 8.00. The van der Waals surface area contributed by atoms with Crippen LogP contribution in [0.2, 0.25) is 0 Å². The number of rotatable bonds is 4. The topological polar surface area (TPSA) is 79.0 Å². The van der Waals surface area contributed by atoms with Gasteiger partial charge in [0.25, 0.3) is 0 Å². The number of hydrogen-bond donors (Lipinski definition) is 2. The lowest BCUT2D eigenvalue weighted by molar-refractivity contribution is -0.121. The van der Waals surface area contributed by atoms with Crippen LogP contribution in [0.4, 0.5) is 0 Å². The summed E-state index contributed by atoms with van der Waals surface area (Å²) < 4.78 is 23.2. The minimum atomic E-state index is -2.99. The zero-order chi connectivity index (χ0) is 16.4. The van der Waals surface area contributed by atoms with Gasteiger partial charge in [-0.15, -0.1) is 0 Å². The maximum absolute atomic E-state index is 12.1. The molecular weight excluding hydrogens is 312 g/mol. The van der Waals surface area contributed by atoms with E-state index in [1.165, 1.54) is 5.56 Å². The number of sulfone groups is 1. The second-order valence-electron chi connectivity index (χ2n) is 6.33. The van der Waals surface area contributed by atoms with Crippen molar-refractivity contribution >= 4 is 26.6 Å². The third-order valence-corrected chi connectivity index (χ3v) is 6.28. The quantitative estimate of drug-likeness (QED) is 0.899. The minimum Gasteiger partial charge on any atom is -0.361 e. The van der Waals surface area contributed by atoms with Crippen molar-refractivity contribution in [2.24, 2.45) is 0 Å². The molecule has 0 bridgehead atoms. The Morgan fingerprint density at radius 3 is 3.00 bits per heavy atom. The van der Waals surface area contributed by atoms with E-state index < -0.39 is 9.84 Å². The van der Waals surface area contributed by atoms with Crippen LogP contribution in [0.5, 0.6) is 0 Å². The number of aromatic nitrogens is 1. The van der Waals surface area contributed by atoms with Crippen LogP contribution in [-0.4, -0.2) is 36.9 Å². The molecule has 5 nitrogen and oxygen atoms in total. The predicted molar refractivity (Wildman–Crippen MR) is 91.2 cm³/mol. The lowest BCUT2D eigenvalue weighted by Crippen LogP contribution is -2.43. The highest BCUT2D eigenvalue weighted by molar-refractivity contribution is 7.91. The van der Waals surface area contributed by atoms with Crippen LogP contribution in [0.1, 0.15) is 30.4 Å². The van der Waals surface area contributed by atoms with Crippen molar-refractivity contribution < 1.29 is 13.2 Å². The summed E-state index contributed by atoms with van der Waals surface area (Å²) in [5, 5.41) is 4.02. The maximum atomic E-state index is 12.1. The van der Waals surface area contributed by atoms with Crippen LogP contribution in [0.3, 0.4) is 0 Å². The van der Waals surface area contributed by atoms with Crippen molar-refractivity contribution in [2.45, 2.75) is 38.6 Å². The SMILES string of the molecule is Cc1cccc2c(CCC(=O)NC3CCCS(=O)(=O)C3)c[nH]c12. The average Bonchev–Trinajstić information content (AvgIpc) is 2.89. The largest absolute Gasteiger partial charge is 0.361 e. The van der Waals surface area contributed by atoms with E-state index in [2.05, 4.69) is 29.4 Å². The van der Waals surface area contributed by atoms with Crippen molar-refractivity contribution in [3.63, 3.8) is 0 Å². The van der Waals surface area contributed by atoms with E-state index in [1.54, 1.807) is 0 Å². The molecule has 2 aromatic rings. The Kier molecular flexibility index (Phi) is 4.43. The first kappa shape index (κ1) is 16.1. The number of benzene rings is 1. The molecule has 2 N–H and O–H groups in total. The lowest BCUT2D eigenvalue weighted by atomic mass is 10.1. The van der Waals surface area contributed by atoms with Gasteiger partial charge in [0.15, 0.2) is 9.84 Å². The van der Waals surface area contributed by atoms with E-state index in [-0.39, 0.29) is 23.5 Å². The summed E-state index contributed by atoms with van der Waals surface area (Å²) >= 11 is 0. The van der Waals surface area contributed by atoms with Gasteiger partial charge in [-0.2, -0.15) is 0 Å². The summed E-state index contributed by atoms with van der Waals surface area (Å²) in [5.74, 6) is 0.244. The van der Waals surface area contributed by atoms with Gasteiger partial charge in [-0.3, -0.25) is 4.79 Å². The number of fused-ring (bicyclic) bond motifs is 1. The van der Waals surface area contributed by atoms with Crippen LogP contribution < -0.4 is 5.32 Å². The molecule has 1 amide bonds. The monoisotopic (exact) mass is 334 g/mol. The zero-order valence-electron chi connectivity index (χ0n) is 13.3. The Balaban J connectivity index is 1.59. The Labute approximate surface area is 136 Å². The van der Waals surface area contributed by atoms with Gasteiger partial charge in [-0.05, 0) is 37.3 Å². The summed E-state index contributed by atoms with van der Waals surface area (Å²) in [6.45, 7) is 2.05. The zero-order valence-corrected chi connectivity index (χ0v) is 14.1. The van der Waals surface area contributed by atoms with Crippen molar-refractivity contribution in [2.75, 3.05) is 11.5 Å². The summed E-state index contributed by atoms with van der Waals surface area (Å²) in [5.41, 5.74) is 3.42. The highest BCUT2D eigenvalue weighted by atomic mass is 32.2. The molecule has 1 aromatic carbocycles. The number of nitrogens with one attached hydrogen (secondary N) is 2. The molecular formula is C17H22N2O3S. The highest BCUT2D eigenvalue weighted by Gasteiger charge is 2.25. The van der Waals surface area contributed by atoms with Crippen LogP contribution in [-0.2, 0) is 21.1 Å². The van der Waals surface area contributed by atoms with Crippen LogP contribution in [0.15, 0.2) is 24.4 Å². The fourth-order valence-corrected chi connectivity index (χ4v) is 4.89. The van der Waals surface area contributed by atoms with Crippen LogP contribution >= 0.6 is 0 Å². The number of carbonyl (C=O) groups is 1. The van der Waals surface area contributed by atoms with Crippen molar-refractivity contribution in [3.8, 4) is 0 Å². The average molecular weight is 334 g/mol. The van der Waals surface area contributed by atoms with Gasteiger partial charge in [0.05, 0.1) is 11.5 Å². The summed E-state index contributed by atoms with van der Waals surface area (Å²) in [7, 11) is -2.99. The fourth-order valence-electron chi connectivity index (χ4n) is 3.26. The molecule has 0 spiro atoms. The molecule has 1 fully saturated rings. The first-order valence-corrected chi connectivity index (χ1v) is 9.82. The first-order chi connectivity index (χ1) is 10.9. The Hall–Kier alpha value is -1.82.